The summed E-state index contributed by atoms with van der Waals surface area (Å²) in [6.45, 7) is 4.65. The lowest BCUT2D eigenvalue weighted by atomic mass is 9.97. The van der Waals surface area contributed by atoms with Crippen molar-refractivity contribution in [2.75, 3.05) is 19.6 Å². The van der Waals surface area contributed by atoms with Gasteiger partial charge < -0.3 is 15.5 Å². The Labute approximate surface area is 136 Å². The second-order valence-corrected chi connectivity index (χ2v) is 6.70. The Morgan fingerprint density at radius 3 is 3.00 bits per heavy atom. The minimum atomic E-state index is -0.0712. The highest BCUT2D eigenvalue weighted by atomic mass is 32.1. The molecule has 2 rings (SSSR count). The summed E-state index contributed by atoms with van der Waals surface area (Å²) in [6, 6.07) is 3.91. The predicted molar refractivity (Wildman–Crippen MR) is 88.8 cm³/mol. The molecular weight excluding hydrogens is 298 g/mol. The first-order valence-electron chi connectivity index (χ1n) is 8.03. The number of thiophene rings is 1. The van der Waals surface area contributed by atoms with E-state index in [4.69, 9.17) is 0 Å². The fourth-order valence-electron chi connectivity index (χ4n) is 2.60. The van der Waals surface area contributed by atoms with Crippen LogP contribution < -0.4 is 10.6 Å². The van der Waals surface area contributed by atoms with Crippen molar-refractivity contribution in [2.45, 2.75) is 39.2 Å². The number of piperidine rings is 1. The van der Waals surface area contributed by atoms with Crippen molar-refractivity contribution in [1.82, 2.24) is 15.5 Å². The first-order valence-corrected chi connectivity index (χ1v) is 8.91. The Balaban J connectivity index is 1.76. The average molecular weight is 323 g/mol. The van der Waals surface area contributed by atoms with Crippen LogP contribution in [0.5, 0.6) is 0 Å². The number of likely N-dealkylation sites (tertiary alicyclic amines) is 1. The first kappa shape index (κ1) is 16.8. The maximum Gasteiger partial charge on any atom is 0.317 e. The molecule has 1 aromatic heterocycles. The van der Waals surface area contributed by atoms with Gasteiger partial charge in [0.15, 0.2) is 0 Å². The number of carbonyl (C=O) groups excluding carboxylic acids is 2. The van der Waals surface area contributed by atoms with Crippen LogP contribution >= 0.6 is 11.3 Å². The number of nitrogens with one attached hydrogen (secondary N) is 2. The molecular formula is C16H25N3O2S. The standard InChI is InChI=1S/C16H25N3O2S/c1-2-3-8-17-15(20)13-6-4-9-19(12-13)16(21)18-11-14-7-5-10-22-14/h5,7,10,13H,2-4,6,8-9,11-12H2,1H3,(H,17,20)(H,18,21). The normalized spacial score (nSPS) is 18.0. The largest absolute Gasteiger partial charge is 0.356 e. The molecule has 1 fully saturated rings. The molecule has 1 aliphatic heterocycles. The van der Waals surface area contributed by atoms with Crippen LogP contribution in [0.1, 0.15) is 37.5 Å². The van der Waals surface area contributed by atoms with Crippen molar-refractivity contribution in [3.05, 3.63) is 22.4 Å². The Morgan fingerprint density at radius 1 is 1.41 bits per heavy atom. The fourth-order valence-corrected chi connectivity index (χ4v) is 3.24. The van der Waals surface area contributed by atoms with E-state index in [0.29, 0.717) is 13.1 Å². The molecule has 2 N–H and O–H groups in total. The molecule has 1 aromatic rings. The molecule has 0 spiro atoms. The summed E-state index contributed by atoms with van der Waals surface area (Å²) in [5, 5.41) is 7.90. The quantitative estimate of drug-likeness (QED) is 0.791. The maximum atomic E-state index is 12.2. The van der Waals surface area contributed by atoms with Crippen molar-refractivity contribution >= 4 is 23.3 Å². The molecule has 0 aliphatic carbocycles. The summed E-state index contributed by atoms with van der Waals surface area (Å²) in [4.78, 5) is 27.2. The third-order valence-electron chi connectivity index (χ3n) is 3.90. The number of nitrogens with zero attached hydrogens (tertiary/aromatic N) is 1. The van der Waals surface area contributed by atoms with Crippen molar-refractivity contribution in [3.63, 3.8) is 0 Å². The minimum Gasteiger partial charge on any atom is -0.356 e. The van der Waals surface area contributed by atoms with Gasteiger partial charge in [0, 0.05) is 24.5 Å². The summed E-state index contributed by atoms with van der Waals surface area (Å²) in [6.07, 6.45) is 3.83. The van der Waals surface area contributed by atoms with Gasteiger partial charge in [0.05, 0.1) is 12.5 Å². The lowest BCUT2D eigenvalue weighted by Crippen LogP contribution is -2.48. The molecule has 5 nitrogen and oxygen atoms in total. The molecule has 0 aromatic carbocycles. The average Bonchev–Trinajstić information content (AvgIpc) is 3.06. The number of rotatable bonds is 6. The van der Waals surface area contributed by atoms with E-state index in [0.717, 1.165) is 43.6 Å². The minimum absolute atomic E-state index is 0.0699. The Bertz CT molecular complexity index is 476. The van der Waals surface area contributed by atoms with Crippen LogP contribution in [0.25, 0.3) is 0 Å². The van der Waals surface area contributed by atoms with Crippen LogP contribution in [-0.4, -0.2) is 36.5 Å². The zero-order chi connectivity index (χ0) is 15.8. The Hall–Kier alpha value is -1.56. The molecule has 2 heterocycles. The van der Waals surface area contributed by atoms with Gasteiger partial charge in [0.2, 0.25) is 5.91 Å². The molecule has 3 amide bonds. The number of unbranched alkanes of at least 4 members (excludes halogenated alkanes) is 1. The SMILES string of the molecule is CCCCNC(=O)C1CCCN(C(=O)NCc2cccs2)C1. The lowest BCUT2D eigenvalue weighted by Gasteiger charge is -2.32. The summed E-state index contributed by atoms with van der Waals surface area (Å²) in [5.41, 5.74) is 0. The number of hydrogen-bond acceptors (Lipinski definition) is 3. The number of urea groups is 1. The monoisotopic (exact) mass is 323 g/mol. The second-order valence-electron chi connectivity index (χ2n) is 5.67. The van der Waals surface area contributed by atoms with E-state index < -0.39 is 0 Å². The van der Waals surface area contributed by atoms with E-state index in [2.05, 4.69) is 17.6 Å². The smallest absolute Gasteiger partial charge is 0.317 e. The van der Waals surface area contributed by atoms with E-state index in [9.17, 15) is 9.59 Å². The highest BCUT2D eigenvalue weighted by molar-refractivity contribution is 7.09. The summed E-state index contributed by atoms with van der Waals surface area (Å²) in [5.74, 6) is 0.0160. The molecule has 0 radical (unpaired) electrons. The van der Waals surface area contributed by atoms with Gasteiger partial charge in [-0.3, -0.25) is 4.79 Å². The molecule has 0 saturated carbocycles. The van der Waals surface area contributed by atoms with Gasteiger partial charge in [-0.2, -0.15) is 0 Å². The van der Waals surface area contributed by atoms with Crippen LogP contribution in [-0.2, 0) is 11.3 Å². The van der Waals surface area contributed by atoms with Crippen LogP contribution in [0, 0.1) is 5.92 Å². The molecule has 6 heteroatoms. The Kier molecular flexibility index (Phi) is 6.71. The van der Waals surface area contributed by atoms with Crippen LogP contribution in [0.2, 0.25) is 0 Å². The van der Waals surface area contributed by atoms with Crippen molar-refractivity contribution in [2.24, 2.45) is 5.92 Å². The molecule has 1 unspecified atom stereocenters. The number of hydrogen-bond donors (Lipinski definition) is 2. The second kappa shape index (κ2) is 8.78. The molecule has 22 heavy (non-hydrogen) atoms. The van der Waals surface area contributed by atoms with Gasteiger partial charge in [-0.25, -0.2) is 4.79 Å². The van der Waals surface area contributed by atoms with E-state index in [1.807, 2.05) is 17.5 Å². The van der Waals surface area contributed by atoms with Crippen LogP contribution in [0.4, 0.5) is 4.79 Å². The van der Waals surface area contributed by atoms with Gasteiger partial charge in [-0.15, -0.1) is 11.3 Å². The molecule has 0 bridgehead atoms. The topological polar surface area (TPSA) is 61.4 Å². The molecule has 122 valence electrons. The van der Waals surface area contributed by atoms with Gasteiger partial charge in [0.1, 0.15) is 0 Å². The third kappa shape index (κ3) is 5.02. The van der Waals surface area contributed by atoms with Gasteiger partial charge in [-0.1, -0.05) is 19.4 Å². The summed E-state index contributed by atoms with van der Waals surface area (Å²) < 4.78 is 0. The van der Waals surface area contributed by atoms with Crippen molar-refractivity contribution in [3.8, 4) is 0 Å². The zero-order valence-corrected chi connectivity index (χ0v) is 14.0. The highest BCUT2D eigenvalue weighted by Gasteiger charge is 2.28. The first-order chi connectivity index (χ1) is 10.7. The predicted octanol–water partition coefficient (Wildman–Crippen LogP) is 2.59. The van der Waals surface area contributed by atoms with E-state index in [1.54, 1.807) is 16.2 Å². The van der Waals surface area contributed by atoms with Crippen molar-refractivity contribution in [1.29, 1.82) is 0 Å². The maximum absolute atomic E-state index is 12.2. The van der Waals surface area contributed by atoms with Gasteiger partial charge in [-0.05, 0) is 30.7 Å². The van der Waals surface area contributed by atoms with Gasteiger partial charge >= 0.3 is 6.03 Å². The summed E-state index contributed by atoms with van der Waals surface area (Å²) >= 11 is 1.63. The number of amides is 3. The van der Waals surface area contributed by atoms with Crippen molar-refractivity contribution < 1.29 is 9.59 Å². The lowest BCUT2D eigenvalue weighted by molar-refractivity contribution is -0.126. The summed E-state index contributed by atoms with van der Waals surface area (Å²) in [7, 11) is 0. The van der Waals surface area contributed by atoms with E-state index >= 15 is 0 Å². The van der Waals surface area contributed by atoms with Crippen LogP contribution in [0.3, 0.4) is 0 Å². The highest BCUT2D eigenvalue weighted by Crippen LogP contribution is 2.17. The fraction of sp³-hybridized carbons (Fsp3) is 0.625. The van der Waals surface area contributed by atoms with Crippen LogP contribution in [0.15, 0.2) is 17.5 Å². The third-order valence-corrected chi connectivity index (χ3v) is 4.78. The van der Waals surface area contributed by atoms with E-state index in [1.165, 1.54) is 0 Å². The molecule has 1 saturated heterocycles. The number of carbonyl (C=O) groups is 2. The Morgan fingerprint density at radius 2 is 2.27 bits per heavy atom. The van der Waals surface area contributed by atoms with Gasteiger partial charge in [0.25, 0.3) is 0 Å². The molecule has 1 atom stereocenters. The van der Waals surface area contributed by atoms with E-state index in [-0.39, 0.29) is 17.9 Å². The zero-order valence-electron chi connectivity index (χ0n) is 13.1. The molecule has 1 aliphatic rings.